The van der Waals surface area contributed by atoms with Crippen LogP contribution >= 0.6 is 11.6 Å². The third kappa shape index (κ3) is 3.75. The van der Waals surface area contributed by atoms with Crippen LogP contribution in [-0.4, -0.2) is 28.5 Å². The Hall–Kier alpha value is -2.63. The van der Waals surface area contributed by atoms with Gasteiger partial charge in [0.05, 0.1) is 17.8 Å². The molecule has 0 radical (unpaired) electrons. The maximum atomic E-state index is 6.44. The van der Waals surface area contributed by atoms with Gasteiger partial charge in [0, 0.05) is 49.1 Å². The van der Waals surface area contributed by atoms with Gasteiger partial charge < -0.3 is 10.5 Å². The number of fused-ring (bicyclic) bond motifs is 1. The summed E-state index contributed by atoms with van der Waals surface area (Å²) in [6.45, 7) is 2.51. The smallest absolute Gasteiger partial charge is 0.159 e. The van der Waals surface area contributed by atoms with Crippen molar-refractivity contribution in [1.82, 2.24) is 14.9 Å². The molecule has 0 saturated carbocycles. The van der Waals surface area contributed by atoms with E-state index in [2.05, 4.69) is 9.88 Å². The first-order valence-corrected chi connectivity index (χ1v) is 9.26. The van der Waals surface area contributed by atoms with Crippen LogP contribution in [0.4, 0.5) is 5.69 Å². The fourth-order valence-electron chi connectivity index (χ4n) is 3.36. The van der Waals surface area contributed by atoms with Crippen LogP contribution in [0.3, 0.4) is 0 Å². The van der Waals surface area contributed by atoms with E-state index in [1.54, 1.807) is 7.11 Å². The highest BCUT2D eigenvalue weighted by Crippen LogP contribution is 2.30. The molecule has 6 heteroatoms. The van der Waals surface area contributed by atoms with E-state index in [1.165, 1.54) is 5.56 Å². The SMILES string of the molecule is COc1cccc(CN2CCc3nc(-c4ccc(N)cc4)ncc3C2)c1Cl. The summed E-state index contributed by atoms with van der Waals surface area (Å²) in [4.78, 5) is 11.7. The molecular weight excluding hydrogens is 360 g/mol. The molecule has 1 aliphatic heterocycles. The second-order valence-corrected chi connectivity index (χ2v) is 7.06. The molecular formula is C21H21ClN4O. The van der Waals surface area contributed by atoms with Crippen LogP contribution in [0.1, 0.15) is 16.8 Å². The minimum absolute atomic E-state index is 0.681. The summed E-state index contributed by atoms with van der Waals surface area (Å²) in [7, 11) is 1.64. The van der Waals surface area contributed by atoms with Crippen molar-refractivity contribution in [3.63, 3.8) is 0 Å². The van der Waals surface area contributed by atoms with Gasteiger partial charge in [-0.1, -0.05) is 23.7 Å². The summed E-state index contributed by atoms with van der Waals surface area (Å²) in [5, 5.41) is 0.681. The Kier molecular flexibility index (Phi) is 4.97. The molecule has 1 aliphatic rings. The maximum absolute atomic E-state index is 6.44. The number of anilines is 1. The first-order valence-electron chi connectivity index (χ1n) is 8.88. The van der Waals surface area contributed by atoms with Crippen molar-refractivity contribution in [1.29, 1.82) is 0 Å². The highest BCUT2D eigenvalue weighted by atomic mass is 35.5. The predicted octanol–water partition coefficient (Wildman–Crippen LogP) is 3.95. The minimum Gasteiger partial charge on any atom is -0.495 e. The zero-order valence-electron chi connectivity index (χ0n) is 15.2. The molecule has 2 aromatic carbocycles. The number of nitrogen functional groups attached to an aromatic ring is 1. The standard InChI is InChI=1S/C21H21ClN4O/c1-27-19-4-2-3-15(20(19)22)12-26-10-9-18-16(13-26)11-24-21(25-18)14-5-7-17(23)8-6-14/h2-8,11H,9-10,12-13,23H2,1H3. The lowest BCUT2D eigenvalue weighted by Crippen LogP contribution is -2.31. The van der Waals surface area contributed by atoms with Gasteiger partial charge in [0.15, 0.2) is 5.82 Å². The van der Waals surface area contributed by atoms with Gasteiger partial charge in [0.2, 0.25) is 0 Å². The number of halogens is 1. The van der Waals surface area contributed by atoms with E-state index in [9.17, 15) is 0 Å². The van der Waals surface area contributed by atoms with E-state index in [1.807, 2.05) is 48.7 Å². The molecule has 138 valence electrons. The molecule has 0 bridgehead atoms. The molecule has 2 N–H and O–H groups in total. The number of aromatic nitrogens is 2. The molecule has 2 heterocycles. The number of nitrogens with two attached hydrogens (primary N) is 1. The molecule has 4 rings (SSSR count). The van der Waals surface area contributed by atoms with Gasteiger partial charge in [0.25, 0.3) is 0 Å². The minimum atomic E-state index is 0.681. The second kappa shape index (κ2) is 7.55. The number of rotatable bonds is 4. The van der Waals surface area contributed by atoms with Crippen LogP contribution < -0.4 is 10.5 Å². The zero-order chi connectivity index (χ0) is 18.8. The van der Waals surface area contributed by atoms with Crippen molar-refractivity contribution in [2.45, 2.75) is 19.5 Å². The Labute approximate surface area is 163 Å². The fourth-order valence-corrected chi connectivity index (χ4v) is 3.62. The van der Waals surface area contributed by atoms with E-state index in [-0.39, 0.29) is 0 Å². The van der Waals surface area contributed by atoms with Crippen LogP contribution in [0.2, 0.25) is 5.02 Å². The van der Waals surface area contributed by atoms with Crippen LogP contribution in [-0.2, 0) is 19.5 Å². The van der Waals surface area contributed by atoms with Crippen LogP contribution in [0.25, 0.3) is 11.4 Å². The van der Waals surface area contributed by atoms with Crippen molar-refractivity contribution in [3.8, 4) is 17.1 Å². The molecule has 0 unspecified atom stereocenters. The third-order valence-corrected chi connectivity index (χ3v) is 5.27. The Morgan fingerprint density at radius 3 is 2.78 bits per heavy atom. The average molecular weight is 381 g/mol. The summed E-state index contributed by atoms with van der Waals surface area (Å²) in [6.07, 6.45) is 2.83. The highest BCUT2D eigenvalue weighted by Gasteiger charge is 2.20. The zero-order valence-corrected chi connectivity index (χ0v) is 15.9. The third-order valence-electron chi connectivity index (χ3n) is 4.84. The van der Waals surface area contributed by atoms with Crippen LogP contribution in [0.15, 0.2) is 48.7 Å². The van der Waals surface area contributed by atoms with Gasteiger partial charge in [-0.25, -0.2) is 9.97 Å². The lowest BCUT2D eigenvalue weighted by molar-refractivity contribution is 0.242. The van der Waals surface area contributed by atoms with Crippen molar-refractivity contribution in [3.05, 3.63) is 70.5 Å². The topological polar surface area (TPSA) is 64.3 Å². The fraction of sp³-hybridized carbons (Fsp3) is 0.238. The van der Waals surface area contributed by atoms with E-state index < -0.39 is 0 Å². The molecule has 5 nitrogen and oxygen atoms in total. The lowest BCUT2D eigenvalue weighted by atomic mass is 10.1. The molecule has 1 aromatic heterocycles. The van der Waals surface area contributed by atoms with Crippen molar-refractivity contribution in [2.75, 3.05) is 19.4 Å². The van der Waals surface area contributed by atoms with E-state index in [0.717, 1.165) is 54.4 Å². The molecule has 3 aromatic rings. The largest absolute Gasteiger partial charge is 0.495 e. The molecule has 27 heavy (non-hydrogen) atoms. The van der Waals surface area contributed by atoms with Crippen LogP contribution in [0, 0.1) is 0 Å². The quantitative estimate of drug-likeness (QED) is 0.694. The number of hydrogen-bond donors (Lipinski definition) is 1. The molecule has 0 aliphatic carbocycles. The number of methoxy groups -OCH3 is 1. The summed E-state index contributed by atoms with van der Waals surface area (Å²) < 4.78 is 5.32. The van der Waals surface area contributed by atoms with Gasteiger partial charge in [-0.3, -0.25) is 4.90 Å². The number of nitrogens with zero attached hydrogens (tertiary/aromatic N) is 3. The predicted molar refractivity (Wildman–Crippen MR) is 108 cm³/mol. The Balaban J connectivity index is 1.51. The Morgan fingerprint density at radius 2 is 2.00 bits per heavy atom. The van der Waals surface area contributed by atoms with Crippen LogP contribution in [0.5, 0.6) is 5.75 Å². The average Bonchev–Trinajstić information content (AvgIpc) is 2.70. The molecule has 0 saturated heterocycles. The molecule has 0 amide bonds. The van der Waals surface area contributed by atoms with Gasteiger partial charge >= 0.3 is 0 Å². The van der Waals surface area contributed by atoms with Crippen molar-refractivity contribution < 1.29 is 4.74 Å². The van der Waals surface area contributed by atoms with Gasteiger partial charge in [-0.15, -0.1) is 0 Å². The number of ether oxygens (including phenoxy) is 1. The van der Waals surface area contributed by atoms with Gasteiger partial charge in [0.1, 0.15) is 5.75 Å². The van der Waals surface area contributed by atoms with E-state index in [4.69, 9.17) is 27.1 Å². The maximum Gasteiger partial charge on any atom is 0.159 e. The summed E-state index contributed by atoms with van der Waals surface area (Å²) in [5.41, 5.74) is 10.8. The molecule has 0 fully saturated rings. The van der Waals surface area contributed by atoms with Gasteiger partial charge in [-0.2, -0.15) is 0 Å². The Bertz CT molecular complexity index is 959. The highest BCUT2D eigenvalue weighted by molar-refractivity contribution is 6.32. The molecule has 0 spiro atoms. The summed E-state index contributed by atoms with van der Waals surface area (Å²) in [5.74, 6) is 1.46. The first-order chi connectivity index (χ1) is 13.1. The summed E-state index contributed by atoms with van der Waals surface area (Å²) >= 11 is 6.44. The van der Waals surface area contributed by atoms with Gasteiger partial charge in [-0.05, 0) is 35.9 Å². The second-order valence-electron chi connectivity index (χ2n) is 6.68. The number of hydrogen-bond acceptors (Lipinski definition) is 5. The normalized spacial score (nSPS) is 14.0. The van der Waals surface area contributed by atoms with E-state index >= 15 is 0 Å². The monoisotopic (exact) mass is 380 g/mol. The lowest BCUT2D eigenvalue weighted by Gasteiger charge is -2.28. The molecule has 0 atom stereocenters. The van der Waals surface area contributed by atoms with Crippen molar-refractivity contribution >= 4 is 17.3 Å². The Morgan fingerprint density at radius 1 is 1.19 bits per heavy atom. The van der Waals surface area contributed by atoms with E-state index in [0.29, 0.717) is 10.8 Å². The summed E-state index contributed by atoms with van der Waals surface area (Å²) in [6, 6.07) is 13.5. The first kappa shape index (κ1) is 17.8. The number of benzene rings is 2. The van der Waals surface area contributed by atoms with Crippen molar-refractivity contribution in [2.24, 2.45) is 0 Å².